The topological polar surface area (TPSA) is 72.3 Å². The third-order valence-electron chi connectivity index (χ3n) is 2.44. The quantitative estimate of drug-likeness (QED) is 0.656. The lowest BCUT2D eigenvalue weighted by Crippen LogP contribution is -2.37. The molecule has 0 aliphatic rings. The number of benzene rings is 1. The van der Waals surface area contributed by atoms with Crippen molar-refractivity contribution < 1.29 is 5.11 Å². The molecule has 14 heavy (non-hydrogen) atoms. The van der Waals surface area contributed by atoms with Gasteiger partial charge in [-0.2, -0.15) is 0 Å². The molecule has 0 saturated heterocycles. The first-order chi connectivity index (χ1) is 6.69. The first-order valence-corrected chi connectivity index (χ1v) is 4.90. The van der Waals surface area contributed by atoms with Crippen molar-refractivity contribution in [2.75, 3.05) is 6.61 Å². The van der Waals surface area contributed by atoms with Gasteiger partial charge in [-0.1, -0.05) is 31.2 Å². The van der Waals surface area contributed by atoms with Gasteiger partial charge in [-0.05, 0) is 17.5 Å². The van der Waals surface area contributed by atoms with Gasteiger partial charge in [0.15, 0.2) is 0 Å². The van der Waals surface area contributed by atoms with Crippen LogP contribution in [0.5, 0.6) is 0 Å². The lowest BCUT2D eigenvalue weighted by molar-refractivity contribution is 0.250. The number of hydrogen-bond donors (Lipinski definition) is 3. The molecule has 1 aromatic carbocycles. The van der Waals surface area contributed by atoms with E-state index >= 15 is 0 Å². The Morgan fingerprint density at radius 3 is 2.21 bits per heavy atom. The van der Waals surface area contributed by atoms with E-state index in [1.165, 1.54) is 5.56 Å². The van der Waals surface area contributed by atoms with Crippen molar-refractivity contribution in [3.8, 4) is 0 Å². The minimum absolute atomic E-state index is 0.0866. The van der Waals surface area contributed by atoms with E-state index in [2.05, 4.69) is 6.92 Å². The maximum absolute atomic E-state index is 8.86. The van der Waals surface area contributed by atoms with Crippen LogP contribution in [0.2, 0.25) is 0 Å². The Hall–Kier alpha value is -0.900. The third kappa shape index (κ3) is 2.54. The van der Waals surface area contributed by atoms with Gasteiger partial charge in [-0.25, -0.2) is 0 Å². The van der Waals surface area contributed by atoms with Crippen LogP contribution in [0.4, 0.5) is 0 Å². The first-order valence-electron chi connectivity index (χ1n) is 4.90. The second-order valence-electron chi connectivity index (χ2n) is 3.47. The smallest absolute Gasteiger partial charge is 0.0601 e. The SMILES string of the molecule is CCc1ccc(C(N)C(N)CO)cc1. The lowest BCUT2D eigenvalue weighted by Gasteiger charge is -2.18. The summed E-state index contributed by atoms with van der Waals surface area (Å²) >= 11 is 0. The van der Waals surface area contributed by atoms with Gasteiger partial charge in [0.1, 0.15) is 0 Å². The zero-order valence-corrected chi connectivity index (χ0v) is 8.48. The molecule has 0 aliphatic heterocycles. The summed E-state index contributed by atoms with van der Waals surface area (Å²) in [6, 6.07) is 7.35. The minimum Gasteiger partial charge on any atom is -0.395 e. The van der Waals surface area contributed by atoms with Crippen molar-refractivity contribution in [3.63, 3.8) is 0 Å². The fourth-order valence-corrected chi connectivity index (χ4v) is 1.34. The Morgan fingerprint density at radius 1 is 1.21 bits per heavy atom. The standard InChI is InChI=1S/C11H18N2O/c1-2-8-3-5-9(6-4-8)11(13)10(12)7-14/h3-6,10-11,14H,2,7,12-13H2,1H3. The maximum atomic E-state index is 8.86. The molecule has 2 unspecified atom stereocenters. The van der Waals surface area contributed by atoms with Crippen LogP contribution in [-0.4, -0.2) is 17.8 Å². The molecule has 78 valence electrons. The molecule has 0 spiro atoms. The van der Waals surface area contributed by atoms with Gasteiger partial charge >= 0.3 is 0 Å². The molecule has 2 atom stereocenters. The van der Waals surface area contributed by atoms with E-state index in [0.29, 0.717) is 0 Å². The number of aryl methyl sites for hydroxylation is 1. The number of aliphatic hydroxyl groups excluding tert-OH is 1. The Kier molecular flexibility index (Phi) is 4.07. The summed E-state index contributed by atoms with van der Waals surface area (Å²) in [6.45, 7) is 2.02. The number of rotatable bonds is 4. The highest BCUT2D eigenvalue weighted by Crippen LogP contribution is 2.14. The fraction of sp³-hybridized carbons (Fsp3) is 0.455. The summed E-state index contributed by atoms with van der Waals surface area (Å²) in [5.74, 6) is 0. The molecular weight excluding hydrogens is 176 g/mol. The Labute approximate surface area is 84.7 Å². The van der Waals surface area contributed by atoms with Crippen LogP contribution >= 0.6 is 0 Å². The van der Waals surface area contributed by atoms with Crippen molar-refractivity contribution in [1.29, 1.82) is 0 Å². The summed E-state index contributed by atoms with van der Waals surface area (Å²) in [7, 11) is 0. The summed E-state index contributed by atoms with van der Waals surface area (Å²) in [4.78, 5) is 0. The van der Waals surface area contributed by atoms with E-state index in [4.69, 9.17) is 16.6 Å². The second-order valence-corrected chi connectivity index (χ2v) is 3.47. The van der Waals surface area contributed by atoms with Gasteiger partial charge in [0, 0.05) is 12.1 Å². The van der Waals surface area contributed by atoms with E-state index in [-0.39, 0.29) is 18.7 Å². The van der Waals surface area contributed by atoms with E-state index in [1.54, 1.807) is 0 Å². The van der Waals surface area contributed by atoms with Crippen molar-refractivity contribution >= 4 is 0 Å². The van der Waals surface area contributed by atoms with Gasteiger partial charge in [0.05, 0.1) is 6.61 Å². The molecule has 0 bridgehead atoms. The van der Waals surface area contributed by atoms with Crippen LogP contribution in [0.25, 0.3) is 0 Å². The summed E-state index contributed by atoms with van der Waals surface area (Å²) in [6.07, 6.45) is 1.02. The average molecular weight is 194 g/mol. The molecule has 3 heteroatoms. The minimum atomic E-state index is -0.387. The molecule has 3 nitrogen and oxygen atoms in total. The molecule has 1 aromatic rings. The molecule has 0 aromatic heterocycles. The van der Waals surface area contributed by atoms with Crippen molar-refractivity contribution in [1.82, 2.24) is 0 Å². The highest BCUT2D eigenvalue weighted by atomic mass is 16.3. The zero-order chi connectivity index (χ0) is 10.6. The third-order valence-corrected chi connectivity index (χ3v) is 2.44. The summed E-state index contributed by atoms with van der Waals surface area (Å²) < 4.78 is 0. The molecule has 1 rings (SSSR count). The van der Waals surface area contributed by atoms with E-state index in [0.717, 1.165) is 12.0 Å². The van der Waals surface area contributed by atoms with Gasteiger partial charge in [-0.15, -0.1) is 0 Å². The van der Waals surface area contributed by atoms with Gasteiger partial charge in [-0.3, -0.25) is 0 Å². The van der Waals surface area contributed by atoms with Crippen LogP contribution in [0, 0.1) is 0 Å². The summed E-state index contributed by atoms with van der Waals surface area (Å²) in [5.41, 5.74) is 13.8. The van der Waals surface area contributed by atoms with Crippen LogP contribution in [0.3, 0.4) is 0 Å². The van der Waals surface area contributed by atoms with Gasteiger partial charge < -0.3 is 16.6 Å². The maximum Gasteiger partial charge on any atom is 0.0601 e. The zero-order valence-electron chi connectivity index (χ0n) is 8.48. The summed E-state index contributed by atoms with van der Waals surface area (Å²) in [5, 5.41) is 8.86. The Morgan fingerprint density at radius 2 is 1.79 bits per heavy atom. The molecule has 0 heterocycles. The van der Waals surface area contributed by atoms with Crippen LogP contribution in [0.1, 0.15) is 24.1 Å². The molecule has 0 radical (unpaired) electrons. The largest absolute Gasteiger partial charge is 0.395 e. The second kappa shape index (κ2) is 5.10. The lowest BCUT2D eigenvalue weighted by atomic mass is 9.99. The van der Waals surface area contributed by atoms with E-state index < -0.39 is 0 Å². The van der Waals surface area contributed by atoms with Crippen molar-refractivity contribution in [2.24, 2.45) is 11.5 Å². The fourth-order valence-electron chi connectivity index (χ4n) is 1.34. The van der Waals surface area contributed by atoms with E-state index in [9.17, 15) is 0 Å². The highest BCUT2D eigenvalue weighted by molar-refractivity contribution is 5.25. The number of nitrogens with two attached hydrogens (primary N) is 2. The molecule has 0 fully saturated rings. The highest BCUT2D eigenvalue weighted by Gasteiger charge is 2.13. The first kappa shape index (κ1) is 11.2. The molecule has 0 aliphatic carbocycles. The molecule has 0 amide bonds. The Balaban J connectivity index is 2.75. The molecule has 5 N–H and O–H groups in total. The molecular formula is C11H18N2O. The predicted octanol–water partition coefficient (Wildman–Crippen LogP) is 0.568. The van der Waals surface area contributed by atoms with Crippen LogP contribution in [-0.2, 0) is 6.42 Å². The predicted molar refractivity (Wildman–Crippen MR) is 57.8 cm³/mol. The monoisotopic (exact) mass is 194 g/mol. The van der Waals surface area contributed by atoms with Crippen molar-refractivity contribution in [2.45, 2.75) is 25.4 Å². The van der Waals surface area contributed by atoms with Gasteiger partial charge in [0.2, 0.25) is 0 Å². The molecule has 0 saturated carbocycles. The Bertz CT molecular complexity index is 271. The number of hydrogen-bond acceptors (Lipinski definition) is 3. The van der Waals surface area contributed by atoms with Crippen LogP contribution < -0.4 is 11.5 Å². The van der Waals surface area contributed by atoms with Crippen LogP contribution in [0.15, 0.2) is 24.3 Å². The van der Waals surface area contributed by atoms with Crippen molar-refractivity contribution in [3.05, 3.63) is 35.4 Å². The van der Waals surface area contributed by atoms with Gasteiger partial charge in [0.25, 0.3) is 0 Å². The number of aliphatic hydroxyl groups is 1. The average Bonchev–Trinajstić information content (AvgIpc) is 2.27. The normalized spacial score (nSPS) is 15.1. The van der Waals surface area contributed by atoms with E-state index in [1.807, 2.05) is 24.3 Å².